The molecule has 0 amide bonds. The zero-order chi connectivity index (χ0) is 9.26. The molecule has 0 spiro atoms. The zero-order valence-electron chi connectivity index (χ0n) is 7.91. The second-order valence-electron chi connectivity index (χ2n) is 4.26. The van der Waals surface area contributed by atoms with Crippen LogP contribution in [0.3, 0.4) is 0 Å². The second kappa shape index (κ2) is 3.66. The maximum atomic E-state index is 10.6. The van der Waals surface area contributed by atoms with Gasteiger partial charge < -0.3 is 10.0 Å². The van der Waals surface area contributed by atoms with E-state index in [1.807, 2.05) is 0 Å². The molecule has 3 nitrogen and oxygen atoms in total. The molecule has 1 saturated carbocycles. The first-order valence-electron chi connectivity index (χ1n) is 5.24. The van der Waals surface area contributed by atoms with Crippen molar-refractivity contribution in [3.05, 3.63) is 0 Å². The van der Waals surface area contributed by atoms with Crippen molar-refractivity contribution in [2.75, 3.05) is 13.1 Å². The molecule has 1 N–H and O–H groups in total. The molecule has 74 valence electrons. The summed E-state index contributed by atoms with van der Waals surface area (Å²) >= 11 is 0. The monoisotopic (exact) mass is 183 g/mol. The maximum absolute atomic E-state index is 10.6. The topological polar surface area (TPSA) is 40.5 Å². The summed E-state index contributed by atoms with van der Waals surface area (Å²) in [7, 11) is 0. The van der Waals surface area contributed by atoms with Gasteiger partial charge >= 0.3 is 5.97 Å². The Morgan fingerprint density at radius 3 is 2.31 bits per heavy atom. The van der Waals surface area contributed by atoms with Gasteiger partial charge in [-0.2, -0.15) is 0 Å². The fourth-order valence-corrected chi connectivity index (χ4v) is 2.37. The van der Waals surface area contributed by atoms with Crippen LogP contribution < -0.4 is 0 Å². The summed E-state index contributed by atoms with van der Waals surface area (Å²) in [5, 5.41) is 8.73. The van der Waals surface area contributed by atoms with Crippen molar-refractivity contribution in [3.8, 4) is 0 Å². The Kier molecular flexibility index (Phi) is 2.54. The van der Waals surface area contributed by atoms with E-state index in [2.05, 4.69) is 4.90 Å². The third-order valence-corrected chi connectivity index (χ3v) is 3.37. The molecular formula is C10H17NO2. The van der Waals surface area contributed by atoms with Crippen molar-refractivity contribution in [3.63, 3.8) is 0 Å². The standard InChI is InChI=1S/C10H17NO2/c12-10(13)8-6-9(7-8)11-4-2-1-3-5-11/h8-9H,1-7H2,(H,12,13). The van der Waals surface area contributed by atoms with Crippen LogP contribution in [0.5, 0.6) is 0 Å². The molecule has 2 rings (SSSR count). The summed E-state index contributed by atoms with van der Waals surface area (Å²) in [6.45, 7) is 2.38. The van der Waals surface area contributed by atoms with Crippen LogP contribution in [0.4, 0.5) is 0 Å². The van der Waals surface area contributed by atoms with Crippen molar-refractivity contribution in [2.45, 2.75) is 38.1 Å². The van der Waals surface area contributed by atoms with E-state index in [1.165, 1.54) is 32.4 Å². The number of likely N-dealkylation sites (tertiary alicyclic amines) is 1. The van der Waals surface area contributed by atoms with Crippen LogP contribution in [0.25, 0.3) is 0 Å². The van der Waals surface area contributed by atoms with Gasteiger partial charge in [0.25, 0.3) is 0 Å². The van der Waals surface area contributed by atoms with Crippen LogP contribution in [-0.2, 0) is 4.79 Å². The second-order valence-corrected chi connectivity index (χ2v) is 4.26. The molecule has 13 heavy (non-hydrogen) atoms. The quantitative estimate of drug-likeness (QED) is 0.702. The predicted octanol–water partition coefficient (Wildman–Crippen LogP) is 1.34. The average molecular weight is 183 g/mol. The number of nitrogens with zero attached hydrogens (tertiary/aromatic N) is 1. The number of carboxylic acids is 1. The molecule has 2 fully saturated rings. The normalized spacial score (nSPS) is 35.4. The number of hydrogen-bond donors (Lipinski definition) is 1. The summed E-state index contributed by atoms with van der Waals surface area (Å²) < 4.78 is 0. The van der Waals surface area contributed by atoms with Crippen LogP contribution >= 0.6 is 0 Å². The minimum atomic E-state index is -0.603. The number of hydrogen-bond acceptors (Lipinski definition) is 2. The Balaban J connectivity index is 1.75. The van der Waals surface area contributed by atoms with Gasteiger partial charge in [0.1, 0.15) is 0 Å². The van der Waals surface area contributed by atoms with E-state index in [-0.39, 0.29) is 5.92 Å². The summed E-state index contributed by atoms with van der Waals surface area (Å²) in [5.74, 6) is -0.653. The molecular weight excluding hydrogens is 166 g/mol. The minimum absolute atomic E-state index is 0.0491. The third-order valence-electron chi connectivity index (χ3n) is 3.37. The van der Waals surface area contributed by atoms with Crippen molar-refractivity contribution < 1.29 is 9.90 Å². The lowest BCUT2D eigenvalue weighted by Gasteiger charge is -2.42. The lowest BCUT2D eigenvalue weighted by molar-refractivity contribution is -0.147. The lowest BCUT2D eigenvalue weighted by atomic mass is 9.79. The Morgan fingerprint density at radius 2 is 1.77 bits per heavy atom. The number of carboxylic acid groups (broad SMARTS) is 1. The van der Waals surface area contributed by atoms with Gasteiger partial charge in [-0.05, 0) is 38.8 Å². The predicted molar refractivity (Wildman–Crippen MR) is 49.6 cm³/mol. The minimum Gasteiger partial charge on any atom is -0.481 e. The molecule has 1 aliphatic heterocycles. The van der Waals surface area contributed by atoms with Crippen LogP contribution in [0.2, 0.25) is 0 Å². The molecule has 0 radical (unpaired) electrons. The maximum Gasteiger partial charge on any atom is 0.306 e. The van der Waals surface area contributed by atoms with Crippen molar-refractivity contribution in [2.24, 2.45) is 5.92 Å². The van der Waals surface area contributed by atoms with E-state index in [1.54, 1.807) is 0 Å². The number of rotatable bonds is 2. The van der Waals surface area contributed by atoms with E-state index in [9.17, 15) is 4.79 Å². The van der Waals surface area contributed by atoms with Gasteiger partial charge in [-0.1, -0.05) is 6.42 Å². The van der Waals surface area contributed by atoms with Gasteiger partial charge in [0.2, 0.25) is 0 Å². The molecule has 0 aromatic heterocycles. The van der Waals surface area contributed by atoms with Crippen LogP contribution in [0, 0.1) is 5.92 Å². The van der Waals surface area contributed by atoms with Crippen molar-refractivity contribution >= 4 is 5.97 Å². The molecule has 3 heteroatoms. The summed E-state index contributed by atoms with van der Waals surface area (Å²) in [6.07, 6.45) is 5.72. The zero-order valence-corrected chi connectivity index (χ0v) is 7.91. The van der Waals surface area contributed by atoms with Crippen LogP contribution in [0.1, 0.15) is 32.1 Å². The van der Waals surface area contributed by atoms with Gasteiger partial charge in [0, 0.05) is 6.04 Å². The molecule has 1 saturated heterocycles. The Morgan fingerprint density at radius 1 is 1.15 bits per heavy atom. The molecule has 1 aliphatic carbocycles. The van der Waals surface area contributed by atoms with Crippen molar-refractivity contribution in [1.82, 2.24) is 4.90 Å². The summed E-state index contributed by atoms with van der Waals surface area (Å²) in [5.41, 5.74) is 0. The summed E-state index contributed by atoms with van der Waals surface area (Å²) in [4.78, 5) is 13.1. The molecule has 0 atom stereocenters. The molecule has 0 aromatic carbocycles. The van der Waals surface area contributed by atoms with E-state index >= 15 is 0 Å². The molecule has 2 aliphatic rings. The van der Waals surface area contributed by atoms with Gasteiger partial charge in [-0.3, -0.25) is 4.79 Å². The van der Waals surface area contributed by atoms with Crippen LogP contribution in [0.15, 0.2) is 0 Å². The third kappa shape index (κ3) is 1.85. The van der Waals surface area contributed by atoms with E-state index in [0.717, 1.165) is 12.8 Å². The highest BCUT2D eigenvalue weighted by molar-refractivity contribution is 5.71. The van der Waals surface area contributed by atoms with Gasteiger partial charge in [0.15, 0.2) is 0 Å². The average Bonchev–Trinajstić information content (AvgIpc) is 2.02. The Bertz CT molecular complexity index is 193. The number of piperidine rings is 1. The first-order chi connectivity index (χ1) is 6.27. The SMILES string of the molecule is O=C(O)C1CC(N2CCCCC2)C1. The van der Waals surface area contributed by atoms with E-state index in [4.69, 9.17) is 5.11 Å². The van der Waals surface area contributed by atoms with E-state index in [0.29, 0.717) is 6.04 Å². The van der Waals surface area contributed by atoms with Gasteiger partial charge in [-0.15, -0.1) is 0 Å². The largest absolute Gasteiger partial charge is 0.481 e. The Hall–Kier alpha value is -0.570. The highest BCUT2D eigenvalue weighted by Crippen LogP contribution is 2.33. The smallest absolute Gasteiger partial charge is 0.306 e. The fraction of sp³-hybridized carbons (Fsp3) is 0.900. The highest BCUT2D eigenvalue weighted by atomic mass is 16.4. The molecule has 0 bridgehead atoms. The fourth-order valence-electron chi connectivity index (χ4n) is 2.37. The Labute approximate surface area is 78.7 Å². The first kappa shape index (κ1) is 9.00. The number of carbonyl (C=O) groups is 1. The summed E-state index contributed by atoms with van der Waals surface area (Å²) in [6, 6.07) is 0.585. The first-order valence-corrected chi connectivity index (χ1v) is 5.24. The van der Waals surface area contributed by atoms with Gasteiger partial charge in [-0.25, -0.2) is 0 Å². The van der Waals surface area contributed by atoms with Crippen LogP contribution in [-0.4, -0.2) is 35.1 Å². The van der Waals surface area contributed by atoms with Crippen molar-refractivity contribution in [1.29, 1.82) is 0 Å². The number of aliphatic carboxylic acids is 1. The highest BCUT2D eigenvalue weighted by Gasteiger charge is 2.37. The van der Waals surface area contributed by atoms with Gasteiger partial charge in [0.05, 0.1) is 5.92 Å². The molecule has 0 unspecified atom stereocenters. The molecule has 0 aromatic rings. The lowest BCUT2D eigenvalue weighted by Crippen LogP contribution is -2.48. The van der Waals surface area contributed by atoms with E-state index < -0.39 is 5.97 Å². The molecule has 1 heterocycles.